The van der Waals surface area contributed by atoms with Gasteiger partial charge in [-0.3, -0.25) is 0 Å². The summed E-state index contributed by atoms with van der Waals surface area (Å²) >= 11 is 0. The molecular weight excluding hydrogens is 236 g/mol. The molecule has 0 bridgehead atoms. The maximum Gasteiger partial charge on any atom is 0.169 e. The molecule has 0 radical (unpaired) electrons. The average molecular weight is 252 g/mol. The topological polar surface area (TPSA) is 56.7 Å². The second kappa shape index (κ2) is 4.72. The minimum Gasteiger partial charge on any atom is -0.381 e. The zero-order valence-electron chi connectivity index (χ0n) is 10.9. The third-order valence-electron chi connectivity index (χ3n) is 3.40. The molecule has 0 atom stereocenters. The summed E-state index contributed by atoms with van der Waals surface area (Å²) in [6, 6.07) is 14.7. The van der Waals surface area contributed by atoms with Crippen LogP contribution in [0.3, 0.4) is 0 Å². The summed E-state index contributed by atoms with van der Waals surface area (Å²) in [6.45, 7) is 2.77. The van der Waals surface area contributed by atoms with Gasteiger partial charge < -0.3 is 5.73 Å². The van der Waals surface area contributed by atoms with Gasteiger partial charge in [-0.15, -0.1) is 5.10 Å². The number of hydrogen-bond donors (Lipinski definition) is 1. The Morgan fingerprint density at radius 3 is 2.74 bits per heavy atom. The van der Waals surface area contributed by atoms with Crippen molar-refractivity contribution in [3.8, 4) is 0 Å². The maximum atomic E-state index is 5.82. The van der Waals surface area contributed by atoms with Gasteiger partial charge in [0, 0.05) is 0 Å². The van der Waals surface area contributed by atoms with Crippen LogP contribution in [0.4, 0.5) is 5.82 Å². The van der Waals surface area contributed by atoms with E-state index in [2.05, 4.69) is 59.7 Å². The van der Waals surface area contributed by atoms with Crippen LogP contribution in [0.1, 0.15) is 18.2 Å². The van der Waals surface area contributed by atoms with Gasteiger partial charge in [-0.2, -0.15) is 0 Å². The molecule has 3 rings (SSSR count). The highest BCUT2D eigenvalue weighted by molar-refractivity contribution is 5.85. The fourth-order valence-corrected chi connectivity index (χ4v) is 2.43. The standard InChI is InChI=1S/C15H16N4/c1-2-14-15(16)17-18-19(14)10-12-8-5-7-11-6-3-4-9-13(11)12/h3-9H,2,10,16H2,1H3. The van der Waals surface area contributed by atoms with Crippen LogP contribution in [0.5, 0.6) is 0 Å². The van der Waals surface area contributed by atoms with Crippen molar-refractivity contribution in [3.05, 3.63) is 53.7 Å². The number of anilines is 1. The summed E-state index contributed by atoms with van der Waals surface area (Å²) in [4.78, 5) is 0. The summed E-state index contributed by atoms with van der Waals surface area (Å²) < 4.78 is 1.89. The molecule has 1 aromatic heterocycles. The van der Waals surface area contributed by atoms with Crippen molar-refractivity contribution in [1.29, 1.82) is 0 Å². The molecule has 0 saturated carbocycles. The fourth-order valence-electron chi connectivity index (χ4n) is 2.43. The Balaban J connectivity index is 2.06. The van der Waals surface area contributed by atoms with E-state index < -0.39 is 0 Å². The Morgan fingerprint density at radius 2 is 1.89 bits per heavy atom. The first-order valence-electron chi connectivity index (χ1n) is 6.44. The molecule has 4 nitrogen and oxygen atoms in total. The van der Waals surface area contributed by atoms with Crippen LogP contribution < -0.4 is 5.73 Å². The van der Waals surface area contributed by atoms with Gasteiger partial charge in [-0.1, -0.05) is 54.6 Å². The minimum atomic E-state index is 0.530. The number of fused-ring (bicyclic) bond motifs is 1. The number of nitrogens with two attached hydrogens (primary N) is 1. The second-order valence-electron chi connectivity index (χ2n) is 4.57. The molecule has 2 aromatic carbocycles. The Bertz CT molecular complexity index is 710. The van der Waals surface area contributed by atoms with Gasteiger partial charge >= 0.3 is 0 Å². The van der Waals surface area contributed by atoms with Crippen molar-refractivity contribution >= 4 is 16.6 Å². The number of nitrogens with zero attached hydrogens (tertiary/aromatic N) is 3. The first-order valence-corrected chi connectivity index (χ1v) is 6.44. The van der Waals surface area contributed by atoms with Crippen molar-refractivity contribution in [3.63, 3.8) is 0 Å². The lowest BCUT2D eigenvalue weighted by molar-refractivity contribution is 0.624. The lowest BCUT2D eigenvalue weighted by Crippen LogP contribution is -2.07. The van der Waals surface area contributed by atoms with Crippen molar-refractivity contribution in [1.82, 2.24) is 15.0 Å². The predicted molar refractivity (Wildman–Crippen MR) is 76.9 cm³/mol. The number of rotatable bonds is 3. The number of hydrogen-bond acceptors (Lipinski definition) is 3. The van der Waals surface area contributed by atoms with E-state index in [1.165, 1.54) is 16.3 Å². The number of nitrogen functional groups attached to an aromatic ring is 1. The SMILES string of the molecule is CCc1c(N)nnn1Cc1cccc2ccccc12. The molecule has 0 aliphatic heterocycles. The molecule has 0 spiro atoms. The van der Waals surface area contributed by atoms with Gasteiger partial charge in [0.15, 0.2) is 5.82 Å². The van der Waals surface area contributed by atoms with E-state index in [4.69, 9.17) is 5.73 Å². The van der Waals surface area contributed by atoms with E-state index in [0.717, 1.165) is 12.1 Å². The molecule has 1 heterocycles. The van der Waals surface area contributed by atoms with Crippen LogP contribution in [0, 0.1) is 0 Å². The minimum absolute atomic E-state index is 0.530. The Hall–Kier alpha value is -2.36. The van der Waals surface area contributed by atoms with E-state index in [9.17, 15) is 0 Å². The third-order valence-corrected chi connectivity index (χ3v) is 3.40. The third kappa shape index (κ3) is 2.05. The lowest BCUT2D eigenvalue weighted by atomic mass is 10.0. The average Bonchev–Trinajstić information content (AvgIpc) is 2.79. The summed E-state index contributed by atoms with van der Waals surface area (Å²) in [5.41, 5.74) is 8.05. The summed E-state index contributed by atoms with van der Waals surface area (Å²) in [7, 11) is 0. The van der Waals surface area contributed by atoms with Gasteiger partial charge in [0.1, 0.15) is 0 Å². The van der Waals surface area contributed by atoms with Crippen LogP contribution in [-0.4, -0.2) is 15.0 Å². The van der Waals surface area contributed by atoms with E-state index in [-0.39, 0.29) is 0 Å². The summed E-state index contributed by atoms with van der Waals surface area (Å²) in [5, 5.41) is 10.6. The molecule has 4 heteroatoms. The molecule has 0 aliphatic rings. The highest BCUT2D eigenvalue weighted by Gasteiger charge is 2.09. The zero-order chi connectivity index (χ0) is 13.2. The van der Waals surface area contributed by atoms with E-state index in [0.29, 0.717) is 12.4 Å². The van der Waals surface area contributed by atoms with Gasteiger partial charge in [-0.05, 0) is 22.8 Å². The zero-order valence-corrected chi connectivity index (χ0v) is 10.9. The molecule has 3 aromatic rings. The van der Waals surface area contributed by atoms with Crippen molar-refractivity contribution < 1.29 is 0 Å². The van der Waals surface area contributed by atoms with Crippen LogP contribution in [0.25, 0.3) is 10.8 Å². The van der Waals surface area contributed by atoms with Crippen molar-refractivity contribution in [2.75, 3.05) is 5.73 Å². The number of aromatic nitrogens is 3. The molecule has 0 saturated heterocycles. The van der Waals surface area contributed by atoms with Crippen LogP contribution in [0.2, 0.25) is 0 Å². The van der Waals surface area contributed by atoms with E-state index in [1.807, 2.05) is 4.68 Å². The van der Waals surface area contributed by atoms with E-state index >= 15 is 0 Å². The lowest BCUT2D eigenvalue weighted by Gasteiger charge is -2.08. The van der Waals surface area contributed by atoms with Crippen LogP contribution in [0.15, 0.2) is 42.5 Å². The molecular formula is C15H16N4. The van der Waals surface area contributed by atoms with Crippen molar-refractivity contribution in [2.24, 2.45) is 0 Å². The van der Waals surface area contributed by atoms with Gasteiger partial charge in [-0.25, -0.2) is 4.68 Å². The monoisotopic (exact) mass is 252 g/mol. The molecule has 96 valence electrons. The van der Waals surface area contributed by atoms with Gasteiger partial charge in [0.2, 0.25) is 0 Å². The molecule has 19 heavy (non-hydrogen) atoms. The summed E-state index contributed by atoms with van der Waals surface area (Å²) in [5.74, 6) is 0.530. The molecule has 0 fully saturated rings. The normalized spacial score (nSPS) is 11.0. The Labute approximate surface area is 111 Å². The van der Waals surface area contributed by atoms with E-state index in [1.54, 1.807) is 0 Å². The largest absolute Gasteiger partial charge is 0.381 e. The quantitative estimate of drug-likeness (QED) is 0.779. The first-order chi connectivity index (χ1) is 9.29. The summed E-state index contributed by atoms with van der Waals surface area (Å²) in [6.07, 6.45) is 0.837. The molecule has 0 unspecified atom stereocenters. The molecule has 0 amide bonds. The van der Waals surface area contributed by atoms with Gasteiger partial charge in [0.05, 0.1) is 12.2 Å². The highest BCUT2D eigenvalue weighted by atomic mass is 15.4. The first kappa shape index (κ1) is 11.7. The maximum absolute atomic E-state index is 5.82. The fraction of sp³-hybridized carbons (Fsp3) is 0.200. The van der Waals surface area contributed by atoms with Crippen LogP contribution >= 0.6 is 0 Å². The van der Waals surface area contributed by atoms with Crippen molar-refractivity contribution in [2.45, 2.75) is 19.9 Å². The highest BCUT2D eigenvalue weighted by Crippen LogP contribution is 2.20. The predicted octanol–water partition coefficient (Wildman–Crippen LogP) is 2.62. The van der Waals surface area contributed by atoms with Crippen LogP contribution in [-0.2, 0) is 13.0 Å². The van der Waals surface area contributed by atoms with Gasteiger partial charge in [0.25, 0.3) is 0 Å². The Kier molecular flexibility index (Phi) is 2.91. The Morgan fingerprint density at radius 1 is 1.11 bits per heavy atom. The molecule has 2 N–H and O–H groups in total. The smallest absolute Gasteiger partial charge is 0.169 e. The second-order valence-corrected chi connectivity index (χ2v) is 4.57. The molecule has 0 aliphatic carbocycles. The number of benzene rings is 2.